The van der Waals surface area contributed by atoms with E-state index in [0.29, 0.717) is 23.0 Å². The van der Waals surface area contributed by atoms with Crippen molar-refractivity contribution in [2.24, 2.45) is 0 Å². The van der Waals surface area contributed by atoms with Crippen molar-refractivity contribution >= 4 is 22.6 Å². The summed E-state index contributed by atoms with van der Waals surface area (Å²) in [6.07, 6.45) is 3.30. The third kappa shape index (κ3) is 3.97. The number of rotatable bonds is 5. The number of anilines is 1. The van der Waals surface area contributed by atoms with E-state index in [1.807, 2.05) is 24.3 Å². The van der Waals surface area contributed by atoms with Gasteiger partial charge < -0.3 is 19.5 Å². The number of nitrogens with one attached hydrogen (secondary N) is 1. The van der Waals surface area contributed by atoms with Crippen LogP contribution in [0.15, 0.2) is 60.9 Å². The Hall–Kier alpha value is -3.78. The fourth-order valence-electron chi connectivity index (χ4n) is 3.61. The number of fused-ring (bicyclic) bond motifs is 1. The van der Waals surface area contributed by atoms with Crippen LogP contribution in [0.3, 0.4) is 0 Å². The van der Waals surface area contributed by atoms with E-state index in [1.54, 1.807) is 36.7 Å². The van der Waals surface area contributed by atoms with Gasteiger partial charge in [-0.3, -0.25) is 4.79 Å². The van der Waals surface area contributed by atoms with Crippen molar-refractivity contribution in [2.45, 2.75) is 0 Å². The highest BCUT2D eigenvalue weighted by molar-refractivity contribution is 6.08. The lowest BCUT2D eigenvalue weighted by molar-refractivity contribution is 0.103. The Bertz CT molecular complexity index is 1180. The molecule has 2 aromatic heterocycles. The van der Waals surface area contributed by atoms with Crippen LogP contribution >= 0.6 is 0 Å². The number of H-pyrrole nitrogens is 1. The number of carbonyl (C=O) groups is 1. The van der Waals surface area contributed by atoms with E-state index in [2.05, 4.69) is 36.8 Å². The number of benzene rings is 2. The Morgan fingerprint density at radius 2 is 1.71 bits per heavy atom. The van der Waals surface area contributed by atoms with Gasteiger partial charge in [0.15, 0.2) is 11.6 Å². The Morgan fingerprint density at radius 1 is 0.968 bits per heavy atom. The van der Waals surface area contributed by atoms with Crippen LogP contribution in [-0.4, -0.2) is 63.8 Å². The molecule has 1 aliphatic rings. The zero-order valence-electron chi connectivity index (χ0n) is 17.2. The molecule has 0 unspecified atom stereocenters. The number of aromatic nitrogens is 4. The monoisotopic (exact) mass is 414 g/mol. The standard InChI is InChI=1S/C23H22N6O2/c1-28-12-14-29(15-13-28)22-23(25-11-10-24-22)31-17-8-6-16(7-9-17)20(30)21-26-18-4-2-3-5-19(18)27-21/h2-11H,12-15H2,1H3,(H,26,27). The molecule has 1 fully saturated rings. The number of hydrogen-bond acceptors (Lipinski definition) is 7. The summed E-state index contributed by atoms with van der Waals surface area (Å²) in [6.45, 7) is 3.68. The van der Waals surface area contributed by atoms with Crippen molar-refractivity contribution in [2.75, 3.05) is 38.1 Å². The van der Waals surface area contributed by atoms with E-state index in [1.165, 1.54) is 0 Å². The van der Waals surface area contributed by atoms with Crippen molar-refractivity contribution in [1.82, 2.24) is 24.8 Å². The highest BCUT2D eigenvalue weighted by atomic mass is 16.5. The number of para-hydroxylation sites is 2. The first-order valence-electron chi connectivity index (χ1n) is 10.2. The van der Waals surface area contributed by atoms with Gasteiger partial charge in [0.05, 0.1) is 11.0 Å². The van der Waals surface area contributed by atoms with E-state index < -0.39 is 0 Å². The lowest BCUT2D eigenvalue weighted by Gasteiger charge is -2.33. The first-order chi connectivity index (χ1) is 15.2. The number of likely N-dealkylation sites (N-methyl/N-ethyl adjacent to an activating group) is 1. The molecule has 0 spiro atoms. The molecule has 4 aromatic rings. The molecule has 3 heterocycles. The fourth-order valence-corrected chi connectivity index (χ4v) is 3.61. The third-order valence-corrected chi connectivity index (χ3v) is 5.38. The second kappa shape index (κ2) is 8.16. The Morgan fingerprint density at radius 3 is 2.48 bits per heavy atom. The quantitative estimate of drug-likeness (QED) is 0.502. The summed E-state index contributed by atoms with van der Waals surface area (Å²) >= 11 is 0. The molecule has 156 valence electrons. The average molecular weight is 414 g/mol. The summed E-state index contributed by atoms with van der Waals surface area (Å²) in [6, 6.07) is 14.6. The molecule has 8 heteroatoms. The van der Waals surface area contributed by atoms with Crippen LogP contribution in [0, 0.1) is 0 Å². The van der Waals surface area contributed by atoms with E-state index >= 15 is 0 Å². The van der Waals surface area contributed by atoms with Crippen LogP contribution in [0.25, 0.3) is 11.0 Å². The largest absolute Gasteiger partial charge is 0.436 e. The van der Waals surface area contributed by atoms with Gasteiger partial charge >= 0.3 is 0 Å². The van der Waals surface area contributed by atoms with Gasteiger partial charge in [0, 0.05) is 44.1 Å². The second-order valence-corrected chi connectivity index (χ2v) is 7.53. The minimum atomic E-state index is -0.166. The van der Waals surface area contributed by atoms with Gasteiger partial charge in [0.2, 0.25) is 5.78 Å². The Kier molecular flexibility index (Phi) is 5.05. The van der Waals surface area contributed by atoms with Crippen molar-refractivity contribution in [3.63, 3.8) is 0 Å². The second-order valence-electron chi connectivity index (χ2n) is 7.53. The minimum absolute atomic E-state index is 0.166. The molecule has 0 atom stereocenters. The number of ether oxygens (including phenoxy) is 1. The number of carbonyl (C=O) groups excluding carboxylic acids is 1. The maximum atomic E-state index is 12.8. The average Bonchev–Trinajstić information content (AvgIpc) is 3.25. The molecule has 31 heavy (non-hydrogen) atoms. The highest BCUT2D eigenvalue weighted by Gasteiger charge is 2.20. The molecule has 0 aliphatic carbocycles. The van der Waals surface area contributed by atoms with Gasteiger partial charge in [-0.25, -0.2) is 15.0 Å². The summed E-state index contributed by atoms with van der Waals surface area (Å²) < 4.78 is 6.01. The maximum Gasteiger partial charge on any atom is 0.263 e. The normalized spacial score (nSPS) is 14.7. The number of aromatic amines is 1. The van der Waals surface area contributed by atoms with Crippen molar-refractivity contribution in [1.29, 1.82) is 0 Å². The molecular formula is C23H22N6O2. The van der Waals surface area contributed by atoms with Crippen LogP contribution in [-0.2, 0) is 0 Å². The van der Waals surface area contributed by atoms with Gasteiger partial charge in [0.1, 0.15) is 5.75 Å². The van der Waals surface area contributed by atoms with Crippen molar-refractivity contribution < 1.29 is 9.53 Å². The summed E-state index contributed by atoms with van der Waals surface area (Å²) in [7, 11) is 2.11. The van der Waals surface area contributed by atoms with Crippen LogP contribution in [0.1, 0.15) is 16.2 Å². The summed E-state index contributed by atoms with van der Waals surface area (Å²) in [5, 5.41) is 0. The number of ketones is 1. The van der Waals surface area contributed by atoms with Crippen LogP contribution in [0.2, 0.25) is 0 Å². The molecule has 0 bridgehead atoms. The summed E-state index contributed by atoms with van der Waals surface area (Å²) in [5.41, 5.74) is 2.14. The number of hydrogen-bond donors (Lipinski definition) is 1. The third-order valence-electron chi connectivity index (χ3n) is 5.38. The molecule has 1 saturated heterocycles. The maximum absolute atomic E-state index is 12.8. The van der Waals surface area contributed by atoms with Gasteiger partial charge in [0.25, 0.3) is 5.88 Å². The predicted molar refractivity (Wildman–Crippen MR) is 118 cm³/mol. The molecule has 0 saturated carbocycles. The molecule has 0 radical (unpaired) electrons. The van der Waals surface area contributed by atoms with Gasteiger partial charge in [-0.1, -0.05) is 12.1 Å². The molecule has 1 aliphatic heterocycles. The highest BCUT2D eigenvalue weighted by Crippen LogP contribution is 2.29. The number of imidazole rings is 1. The zero-order valence-corrected chi connectivity index (χ0v) is 17.2. The van der Waals surface area contributed by atoms with Crippen LogP contribution in [0.5, 0.6) is 11.6 Å². The van der Waals surface area contributed by atoms with Crippen LogP contribution in [0.4, 0.5) is 5.82 Å². The summed E-state index contributed by atoms with van der Waals surface area (Å²) in [5.74, 6) is 1.94. The fraction of sp³-hybridized carbons (Fsp3) is 0.217. The van der Waals surface area contributed by atoms with E-state index in [-0.39, 0.29) is 5.78 Å². The first kappa shape index (κ1) is 19.2. The Balaban J connectivity index is 1.33. The SMILES string of the molecule is CN1CCN(c2nccnc2Oc2ccc(C(=O)c3nc4ccccc4[nH]3)cc2)CC1. The molecule has 2 aromatic carbocycles. The van der Waals surface area contributed by atoms with Crippen LogP contribution < -0.4 is 9.64 Å². The summed E-state index contributed by atoms with van der Waals surface area (Å²) in [4.78, 5) is 33.6. The van der Waals surface area contributed by atoms with Gasteiger partial charge in [-0.05, 0) is 43.4 Å². The van der Waals surface area contributed by atoms with E-state index in [0.717, 1.165) is 43.0 Å². The Labute approximate surface area is 179 Å². The topological polar surface area (TPSA) is 87.2 Å². The van der Waals surface area contributed by atoms with Gasteiger partial charge in [-0.2, -0.15) is 0 Å². The van der Waals surface area contributed by atoms with E-state index in [9.17, 15) is 4.79 Å². The molecule has 5 rings (SSSR count). The lowest BCUT2D eigenvalue weighted by Crippen LogP contribution is -2.45. The minimum Gasteiger partial charge on any atom is -0.436 e. The first-order valence-corrected chi connectivity index (χ1v) is 10.2. The smallest absolute Gasteiger partial charge is 0.263 e. The molecule has 1 N–H and O–H groups in total. The number of piperazine rings is 1. The number of nitrogens with zero attached hydrogens (tertiary/aromatic N) is 5. The lowest BCUT2D eigenvalue weighted by atomic mass is 10.1. The molecule has 0 amide bonds. The molecule has 8 nitrogen and oxygen atoms in total. The van der Waals surface area contributed by atoms with Crippen molar-refractivity contribution in [3.05, 3.63) is 72.3 Å². The van der Waals surface area contributed by atoms with E-state index in [4.69, 9.17) is 4.74 Å². The predicted octanol–water partition coefficient (Wildman–Crippen LogP) is 3.13. The van der Waals surface area contributed by atoms with Crippen molar-refractivity contribution in [3.8, 4) is 11.6 Å². The zero-order chi connectivity index (χ0) is 21.2. The van der Waals surface area contributed by atoms with Gasteiger partial charge in [-0.15, -0.1) is 0 Å². The molecular weight excluding hydrogens is 392 g/mol.